The molecule has 0 atom stereocenters. The molecule has 0 spiro atoms. The fraction of sp³-hybridized carbons (Fsp3) is 0.417. The van der Waals surface area contributed by atoms with Crippen LogP contribution < -0.4 is 5.32 Å². The molecule has 0 saturated carbocycles. The van der Waals surface area contributed by atoms with Crippen molar-refractivity contribution in [3.05, 3.63) is 71.3 Å². The quantitative estimate of drug-likeness (QED) is 0.686. The molecule has 0 aliphatic carbocycles. The summed E-state index contributed by atoms with van der Waals surface area (Å²) in [4.78, 5) is 19.0. The lowest BCUT2D eigenvalue weighted by Gasteiger charge is -2.34. The highest BCUT2D eigenvalue weighted by atomic mass is 16.2. The Kier molecular flexibility index (Phi) is 8.25. The molecule has 3 rings (SSSR count). The van der Waals surface area contributed by atoms with Crippen LogP contribution in [0.2, 0.25) is 0 Å². The summed E-state index contributed by atoms with van der Waals surface area (Å²) in [5.41, 5.74) is 3.20. The van der Waals surface area contributed by atoms with Gasteiger partial charge in [-0.05, 0) is 43.3 Å². The normalized spacial score (nSPS) is 14.5. The van der Waals surface area contributed by atoms with Crippen molar-refractivity contribution in [3.8, 4) is 6.07 Å². The Morgan fingerprint density at radius 1 is 1.03 bits per heavy atom. The molecule has 158 valence electrons. The molecular formula is C24H31N5O. The highest BCUT2D eigenvalue weighted by molar-refractivity contribution is 5.74. The third-order valence-electron chi connectivity index (χ3n) is 5.44. The van der Waals surface area contributed by atoms with E-state index in [9.17, 15) is 4.79 Å². The van der Waals surface area contributed by atoms with Crippen LogP contribution in [0.5, 0.6) is 0 Å². The fourth-order valence-electron chi connectivity index (χ4n) is 3.68. The highest BCUT2D eigenvalue weighted by Gasteiger charge is 2.20. The maximum atomic E-state index is 12.4. The Labute approximate surface area is 179 Å². The van der Waals surface area contributed by atoms with Gasteiger partial charge < -0.3 is 15.1 Å². The fourth-order valence-corrected chi connectivity index (χ4v) is 3.68. The average Bonchev–Trinajstić information content (AvgIpc) is 2.78. The van der Waals surface area contributed by atoms with Crippen LogP contribution in [0.3, 0.4) is 0 Å². The van der Waals surface area contributed by atoms with Crippen LogP contribution in [0, 0.1) is 11.3 Å². The number of carbonyl (C=O) groups excluding carboxylic acids is 1. The predicted octanol–water partition coefficient (Wildman–Crippen LogP) is 2.91. The average molecular weight is 406 g/mol. The Hall–Kier alpha value is -2.88. The first-order valence-corrected chi connectivity index (χ1v) is 10.6. The van der Waals surface area contributed by atoms with Gasteiger partial charge in [0, 0.05) is 45.8 Å². The van der Waals surface area contributed by atoms with Gasteiger partial charge in [-0.15, -0.1) is 0 Å². The summed E-state index contributed by atoms with van der Waals surface area (Å²) in [5, 5.41) is 11.9. The van der Waals surface area contributed by atoms with E-state index < -0.39 is 0 Å². The second-order valence-electron chi connectivity index (χ2n) is 7.88. The van der Waals surface area contributed by atoms with E-state index in [2.05, 4.69) is 52.5 Å². The summed E-state index contributed by atoms with van der Waals surface area (Å²) < 4.78 is 0. The van der Waals surface area contributed by atoms with Crippen molar-refractivity contribution in [2.75, 3.05) is 46.3 Å². The number of urea groups is 1. The Bertz CT molecular complexity index is 823. The van der Waals surface area contributed by atoms with Crippen molar-refractivity contribution in [2.24, 2.45) is 0 Å². The number of nitrogens with one attached hydrogen (secondary N) is 1. The smallest absolute Gasteiger partial charge is 0.317 e. The van der Waals surface area contributed by atoms with Crippen LogP contribution in [0.25, 0.3) is 0 Å². The molecule has 2 aromatic carbocycles. The molecule has 30 heavy (non-hydrogen) atoms. The third-order valence-corrected chi connectivity index (χ3v) is 5.44. The first kappa shape index (κ1) is 21.8. The molecule has 0 aromatic heterocycles. The topological polar surface area (TPSA) is 62.6 Å². The molecule has 0 unspecified atom stereocenters. The number of carbonyl (C=O) groups is 1. The second kappa shape index (κ2) is 11.3. The first-order chi connectivity index (χ1) is 14.6. The second-order valence-corrected chi connectivity index (χ2v) is 7.88. The van der Waals surface area contributed by atoms with Gasteiger partial charge in [-0.1, -0.05) is 42.5 Å². The summed E-state index contributed by atoms with van der Waals surface area (Å²) >= 11 is 0. The molecule has 2 amide bonds. The molecular weight excluding hydrogens is 374 g/mol. The van der Waals surface area contributed by atoms with E-state index in [4.69, 9.17) is 5.26 Å². The van der Waals surface area contributed by atoms with Gasteiger partial charge in [0.2, 0.25) is 0 Å². The van der Waals surface area contributed by atoms with Gasteiger partial charge in [0.25, 0.3) is 0 Å². The number of benzene rings is 2. The first-order valence-electron chi connectivity index (χ1n) is 10.6. The summed E-state index contributed by atoms with van der Waals surface area (Å²) in [6, 6.07) is 20.4. The van der Waals surface area contributed by atoms with Gasteiger partial charge in [-0.3, -0.25) is 4.90 Å². The summed E-state index contributed by atoms with van der Waals surface area (Å²) in [6.07, 6.45) is 0.938. The zero-order valence-corrected chi connectivity index (χ0v) is 17.8. The number of hydrogen-bond donors (Lipinski definition) is 1. The van der Waals surface area contributed by atoms with Crippen molar-refractivity contribution in [1.82, 2.24) is 20.0 Å². The number of piperazine rings is 1. The molecule has 0 bridgehead atoms. The molecule has 1 heterocycles. The van der Waals surface area contributed by atoms with Gasteiger partial charge in [-0.2, -0.15) is 5.26 Å². The van der Waals surface area contributed by atoms with Crippen LogP contribution in [0.1, 0.15) is 23.1 Å². The van der Waals surface area contributed by atoms with Crippen molar-refractivity contribution in [3.63, 3.8) is 0 Å². The number of nitrogens with zero attached hydrogens (tertiary/aromatic N) is 4. The lowest BCUT2D eigenvalue weighted by molar-refractivity contribution is 0.135. The molecule has 1 aliphatic rings. The largest absolute Gasteiger partial charge is 0.338 e. The lowest BCUT2D eigenvalue weighted by atomic mass is 10.1. The van der Waals surface area contributed by atoms with Crippen LogP contribution in [0.15, 0.2) is 54.6 Å². The van der Waals surface area contributed by atoms with E-state index in [1.54, 1.807) is 0 Å². The van der Waals surface area contributed by atoms with E-state index >= 15 is 0 Å². The number of amides is 2. The number of rotatable bonds is 8. The molecule has 1 saturated heterocycles. The Balaban J connectivity index is 1.30. The van der Waals surface area contributed by atoms with Gasteiger partial charge >= 0.3 is 6.03 Å². The van der Waals surface area contributed by atoms with Gasteiger partial charge in [0.1, 0.15) is 0 Å². The van der Waals surface area contributed by atoms with E-state index in [1.165, 1.54) is 11.1 Å². The Morgan fingerprint density at radius 3 is 2.40 bits per heavy atom. The highest BCUT2D eigenvalue weighted by Crippen LogP contribution is 2.10. The molecule has 1 N–H and O–H groups in total. The molecule has 6 nitrogen and oxygen atoms in total. The van der Waals surface area contributed by atoms with Gasteiger partial charge in [0.05, 0.1) is 11.6 Å². The minimum absolute atomic E-state index is 0.0405. The van der Waals surface area contributed by atoms with E-state index in [0.29, 0.717) is 12.1 Å². The Morgan fingerprint density at radius 2 is 1.73 bits per heavy atom. The minimum Gasteiger partial charge on any atom is -0.338 e. The standard InChI is InChI=1S/C24H31N5O/c1-27(19-22-6-3-2-4-7-22)13-5-12-26-24(30)29-16-14-28(15-17-29)20-23-10-8-21(18-25)9-11-23/h2-4,6-11H,5,12-17,19-20H2,1H3,(H,26,30). The molecule has 2 aromatic rings. The van der Waals surface area contributed by atoms with Crippen LogP contribution in [-0.4, -0.2) is 67.0 Å². The molecule has 0 radical (unpaired) electrons. The lowest BCUT2D eigenvalue weighted by Crippen LogP contribution is -2.51. The predicted molar refractivity (Wildman–Crippen MR) is 119 cm³/mol. The summed E-state index contributed by atoms with van der Waals surface area (Å²) in [5.74, 6) is 0. The van der Waals surface area contributed by atoms with E-state index in [1.807, 2.05) is 35.2 Å². The third kappa shape index (κ3) is 6.87. The van der Waals surface area contributed by atoms with Crippen molar-refractivity contribution >= 4 is 6.03 Å². The molecule has 1 aliphatic heterocycles. The maximum absolute atomic E-state index is 12.4. The zero-order valence-electron chi connectivity index (χ0n) is 17.8. The van der Waals surface area contributed by atoms with E-state index in [-0.39, 0.29) is 6.03 Å². The van der Waals surface area contributed by atoms with Crippen molar-refractivity contribution in [2.45, 2.75) is 19.5 Å². The molecule has 1 fully saturated rings. The number of hydrogen-bond acceptors (Lipinski definition) is 4. The van der Waals surface area contributed by atoms with Gasteiger partial charge in [-0.25, -0.2) is 4.79 Å². The SMILES string of the molecule is CN(CCCNC(=O)N1CCN(Cc2ccc(C#N)cc2)CC1)Cc1ccccc1. The zero-order chi connectivity index (χ0) is 21.2. The van der Waals surface area contributed by atoms with Crippen LogP contribution in [-0.2, 0) is 13.1 Å². The maximum Gasteiger partial charge on any atom is 0.317 e. The summed E-state index contributed by atoms with van der Waals surface area (Å²) in [6.45, 7) is 6.66. The van der Waals surface area contributed by atoms with Crippen LogP contribution in [0.4, 0.5) is 4.79 Å². The van der Waals surface area contributed by atoms with Crippen molar-refractivity contribution in [1.29, 1.82) is 5.26 Å². The monoisotopic (exact) mass is 405 g/mol. The number of nitriles is 1. The van der Waals surface area contributed by atoms with Gasteiger partial charge in [0.15, 0.2) is 0 Å². The molecule has 6 heteroatoms. The van der Waals surface area contributed by atoms with E-state index in [0.717, 1.165) is 52.2 Å². The minimum atomic E-state index is 0.0405. The van der Waals surface area contributed by atoms with Crippen molar-refractivity contribution < 1.29 is 4.79 Å². The van der Waals surface area contributed by atoms with Crippen LogP contribution >= 0.6 is 0 Å². The summed E-state index contributed by atoms with van der Waals surface area (Å²) in [7, 11) is 2.11.